The van der Waals surface area contributed by atoms with E-state index in [2.05, 4.69) is 81.7 Å². The molecule has 24 heavy (non-hydrogen) atoms. The molecule has 1 unspecified atom stereocenters. The molecule has 0 bridgehead atoms. The second kappa shape index (κ2) is 7.30. The average Bonchev–Trinajstić information content (AvgIpc) is 2.94. The minimum absolute atomic E-state index is 0. The standard InChI is InChI=1S/C20H21BrN2.ClH/c1-13(14-6-3-2-4-7-14)22-18-9-5-8-17-16-11-10-15(21)12-19(16)23-20(17)18;/h2-4,6-7,10-13,18,22-23H,5,8-9H2,1H3;1H/t13-,18?;/m1./s1. The summed E-state index contributed by atoms with van der Waals surface area (Å²) < 4.78 is 1.13. The topological polar surface area (TPSA) is 27.8 Å². The van der Waals surface area contributed by atoms with Crippen LogP contribution in [-0.2, 0) is 6.42 Å². The summed E-state index contributed by atoms with van der Waals surface area (Å²) in [4.78, 5) is 3.67. The van der Waals surface area contributed by atoms with Gasteiger partial charge in [0.05, 0.1) is 0 Å². The molecule has 0 saturated carbocycles. The quantitative estimate of drug-likeness (QED) is 0.543. The van der Waals surface area contributed by atoms with Crippen molar-refractivity contribution in [2.45, 2.75) is 38.3 Å². The Morgan fingerprint density at radius 2 is 1.96 bits per heavy atom. The molecule has 2 aromatic carbocycles. The molecular formula is C20H22BrClN2. The molecule has 0 fully saturated rings. The summed E-state index contributed by atoms with van der Waals surface area (Å²) in [7, 11) is 0. The second-order valence-corrected chi connectivity index (χ2v) is 7.37. The van der Waals surface area contributed by atoms with Gasteiger partial charge in [-0.25, -0.2) is 0 Å². The molecule has 0 spiro atoms. The first kappa shape index (κ1) is 17.5. The van der Waals surface area contributed by atoms with Gasteiger partial charge < -0.3 is 10.3 Å². The highest BCUT2D eigenvalue weighted by Crippen LogP contribution is 2.36. The van der Waals surface area contributed by atoms with Crippen molar-refractivity contribution in [3.63, 3.8) is 0 Å². The van der Waals surface area contributed by atoms with Gasteiger partial charge in [-0.1, -0.05) is 52.3 Å². The van der Waals surface area contributed by atoms with Gasteiger partial charge in [-0.2, -0.15) is 0 Å². The van der Waals surface area contributed by atoms with Crippen LogP contribution >= 0.6 is 28.3 Å². The molecule has 3 aromatic rings. The van der Waals surface area contributed by atoms with E-state index in [-0.39, 0.29) is 12.4 Å². The normalized spacial score (nSPS) is 18.0. The molecule has 1 aliphatic rings. The lowest BCUT2D eigenvalue weighted by Crippen LogP contribution is -2.27. The maximum Gasteiger partial charge on any atom is 0.0480 e. The van der Waals surface area contributed by atoms with Crippen LogP contribution in [0.2, 0.25) is 0 Å². The van der Waals surface area contributed by atoms with Crippen LogP contribution in [-0.4, -0.2) is 4.98 Å². The number of rotatable bonds is 3. The van der Waals surface area contributed by atoms with Crippen LogP contribution in [0.5, 0.6) is 0 Å². The van der Waals surface area contributed by atoms with Crippen molar-refractivity contribution in [2.75, 3.05) is 0 Å². The number of H-pyrrole nitrogens is 1. The number of fused-ring (bicyclic) bond motifs is 3. The van der Waals surface area contributed by atoms with Crippen LogP contribution in [0.15, 0.2) is 53.0 Å². The number of nitrogens with one attached hydrogen (secondary N) is 2. The Hall–Kier alpha value is -1.29. The van der Waals surface area contributed by atoms with E-state index in [1.54, 1.807) is 0 Å². The Kier molecular flexibility index (Phi) is 5.33. The highest BCUT2D eigenvalue weighted by atomic mass is 79.9. The van der Waals surface area contributed by atoms with Crippen LogP contribution in [0, 0.1) is 0 Å². The lowest BCUT2D eigenvalue weighted by Gasteiger charge is -2.27. The number of hydrogen-bond donors (Lipinski definition) is 2. The molecule has 0 aliphatic heterocycles. The summed E-state index contributed by atoms with van der Waals surface area (Å²) >= 11 is 3.58. The van der Waals surface area contributed by atoms with Gasteiger partial charge >= 0.3 is 0 Å². The Morgan fingerprint density at radius 1 is 1.17 bits per heavy atom. The van der Waals surface area contributed by atoms with E-state index in [0.717, 1.165) is 4.47 Å². The third-order valence-electron chi connectivity index (χ3n) is 4.92. The Morgan fingerprint density at radius 3 is 2.75 bits per heavy atom. The Balaban J connectivity index is 0.00000169. The number of halogens is 2. The third kappa shape index (κ3) is 3.26. The van der Waals surface area contributed by atoms with Gasteiger partial charge in [0.15, 0.2) is 0 Å². The molecular weight excluding hydrogens is 384 g/mol. The summed E-state index contributed by atoms with van der Waals surface area (Å²) in [6.07, 6.45) is 3.61. The van der Waals surface area contributed by atoms with Gasteiger partial charge in [0.25, 0.3) is 0 Å². The van der Waals surface area contributed by atoms with Crippen molar-refractivity contribution in [2.24, 2.45) is 0 Å². The van der Waals surface area contributed by atoms with E-state index in [0.29, 0.717) is 12.1 Å². The van der Waals surface area contributed by atoms with E-state index >= 15 is 0 Å². The van der Waals surface area contributed by atoms with Crippen LogP contribution < -0.4 is 5.32 Å². The van der Waals surface area contributed by atoms with E-state index < -0.39 is 0 Å². The van der Waals surface area contributed by atoms with Crippen molar-refractivity contribution in [1.29, 1.82) is 0 Å². The summed E-state index contributed by atoms with van der Waals surface area (Å²) in [6.45, 7) is 2.25. The smallest absolute Gasteiger partial charge is 0.0480 e. The van der Waals surface area contributed by atoms with Gasteiger partial charge in [0.2, 0.25) is 0 Å². The third-order valence-corrected chi connectivity index (χ3v) is 5.41. The van der Waals surface area contributed by atoms with Gasteiger partial charge in [-0.3, -0.25) is 0 Å². The number of aromatic amines is 1. The molecule has 2 N–H and O–H groups in total. The minimum Gasteiger partial charge on any atom is -0.357 e. The summed E-state index contributed by atoms with van der Waals surface area (Å²) in [5.41, 5.74) is 5.47. The molecule has 126 valence electrons. The predicted molar refractivity (Wildman–Crippen MR) is 107 cm³/mol. The molecule has 1 heterocycles. The molecule has 0 radical (unpaired) electrons. The maximum absolute atomic E-state index is 3.82. The minimum atomic E-state index is 0. The number of aryl methyl sites for hydroxylation is 1. The zero-order valence-electron chi connectivity index (χ0n) is 13.7. The van der Waals surface area contributed by atoms with E-state index in [1.165, 1.54) is 47.0 Å². The summed E-state index contributed by atoms with van der Waals surface area (Å²) in [6, 6.07) is 18.0. The first-order chi connectivity index (χ1) is 11.2. The van der Waals surface area contributed by atoms with Crippen LogP contribution in [0.4, 0.5) is 0 Å². The number of benzene rings is 2. The van der Waals surface area contributed by atoms with Crippen LogP contribution in [0.1, 0.15) is 48.7 Å². The van der Waals surface area contributed by atoms with E-state index in [1.807, 2.05) is 0 Å². The first-order valence-corrected chi connectivity index (χ1v) is 9.12. The summed E-state index contributed by atoms with van der Waals surface area (Å²) in [5.74, 6) is 0. The Labute approximate surface area is 157 Å². The fraction of sp³-hybridized carbons (Fsp3) is 0.300. The fourth-order valence-electron chi connectivity index (χ4n) is 3.75. The molecule has 0 amide bonds. The molecule has 1 aliphatic carbocycles. The lowest BCUT2D eigenvalue weighted by molar-refractivity contribution is 0.410. The van der Waals surface area contributed by atoms with Crippen molar-refractivity contribution in [3.05, 3.63) is 69.8 Å². The van der Waals surface area contributed by atoms with Gasteiger partial charge in [-0.05, 0) is 49.4 Å². The van der Waals surface area contributed by atoms with Gasteiger partial charge in [0.1, 0.15) is 0 Å². The zero-order valence-corrected chi connectivity index (χ0v) is 16.1. The molecule has 4 heteroatoms. The average molecular weight is 406 g/mol. The molecule has 2 nitrogen and oxygen atoms in total. The van der Waals surface area contributed by atoms with E-state index in [4.69, 9.17) is 0 Å². The highest BCUT2D eigenvalue weighted by molar-refractivity contribution is 9.10. The summed E-state index contributed by atoms with van der Waals surface area (Å²) in [5, 5.41) is 5.20. The molecule has 4 rings (SSSR count). The SMILES string of the molecule is C[C@@H](NC1CCCc2c1[nH]c1cc(Br)ccc21)c1ccccc1.Cl. The molecule has 0 saturated heterocycles. The fourth-order valence-corrected chi connectivity index (χ4v) is 4.11. The monoisotopic (exact) mass is 404 g/mol. The lowest BCUT2D eigenvalue weighted by atomic mass is 9.91. The second-order valence-electron chi connectivity index (χ2n) is 6.45. The molecule has 2 atom stereocenters. The van der Waals surface area contributed by atoms with Crippen LogP contribution in [0.3, 0.4) is 0 Å². The van der Waals surface area contributed by atoms with E-state index in [9.17, 15) is 0 Å². The van der Waals surface area contributed by atoms with Crippen molar-refractivity contribution < 1.29 is 0 Å². The highest BCUT2D eigenvalue weighted by Gasteiger charge is 2.25. The van der Waals surface area contributed by atoms with Crippen LogP contribution in [0.25, 0.3) is 10.9 Å². The van der Waals surface area contributed by atoms with Crippen molar-refractivity contribution in [1.82, 2.24) is 10.3 Å². The largest absolute Gasteiger partial charge is 0.357 e. The predicted octanol–water partition coefficient (Wildman–Crippen LogP) is 6.08. The first-order valence-electron chi connectivity index (χ1n) is 8.33. The Bertz CT molecular complexity index is 828. The number of aromatic nitrogens is 1. The number of hydrogen-bond acceptors (Lipinski definition) is 1. The van der Waals surface area contributed by atoms with Gasteiger partial charge in [-0.15, -0.1) is 12.4 Å². The molecule has 1 aromatic heterocycles. The maximum atomic E-state index is 3.82. The van der Waals surface area contributed by atoms with Crippen molar-refractivity contribution in [3.8, 4) is 0 Å². The van der Waals surface area contributed by atoms with Crippen molar-refractivity contribution >= 4 is 39.2 Å². The zero-order chi connectivity index (χ0) is 15.8. The van der Waals surface area contributed by atoms with Gasteiger partial charge in [0, 0.05) is 33.2 Å².